The zero-order valence-electron chi connectivity index (χ0n) is 10.5. The Balaban J connectivity index is 2.63. The Morgan fingerprint density at radius 1 is 1.26 bits per heavy atom. The topological polar surface area (TPSA) is 55.1 Å². The van der Waals surface area contributed by atoms with Gasteiger partial charge in [-0.25, -0.2) is 0 Å². The fourth-order valence-electron chi connectivity index (χ4n) is 1.22. The number of rotatable bonds is 4. The van der Waals surface area contributed by atoms with Crippen molar-refractivity contribution in [3.8, 4) is 0 Å². The third kappa shape index (κ3) is 6.49. The first-order valence-electron chi connectivity index (χ1n) is 5.50. The van der Waals surface area contributed by atoms with Gasteiger partial charge in [0.1, 0.15) is 0 Å². The molecule has 1 amide bonds. The summed E-state index contributed by atoms with van der Waals surface area (Å²) in [6.07, 6.45) is 0. The number of alkyl halides is 3. The van der Waals surface area contributed by atoms with Gasteiger partial charge in [-0.05, 0) is 49.9 Å². The second kappa shape index (κ2) is 5.83. The van der Waals surface area contributed by atoms with Gasteiger partial charge in [-0.15, -0.1) is 0 Å². The molecular formula is C12H15F3N2OS. The van der Waals surface area contributed by atoms with Gasteiger partial charge in [0.25, 0.3) is 5.91 Å². The lowest BCUT2D eigenvalue weighted by Gasteiger charge is -2.18. The minimum atomic E-state index is -4.33. The van der Waals surface area contributed by atoms with Crippen LogP contribution in [0.25, 0.3) is 0 Å². The Bertz CT molecular complexity index is 438. The van der Waals surface area contributed by atoms with Gasteiger partial charge >= 0.3 is 5.51 Å². The van der Waals surface area contributed by atoms with Crippen molar-refractivity contribution in [3.05, 3.63) is 29.8 Å². The molecule has 19 heavy (non-hydrogen) atoms. The summed E-state index contributed by atoms with van der Waals surface area (Å²) < 4.78 is 36.4. The van der Waals surface area contributed by atoms with Crippen LogP contribution in [-0.2, 0) is 0 Å². The maximum atomic E-state index is 12.1. The first kappa shape index (κ1) is 15.8. The quantitative estimate of drug-likeness (QED) is 0.839. The summed E-state index contributed by atoms with van der Waals surface area (Å²) in [4.78, 5) is 11.7. The fraction of sp³-hybridized carbons (Fsp3) is 0.417. The molecule has 0 spiro atoms. The van der Waals surface area contributed by atoms with E-state index in [1.54, 1.807) is 13.8 Å². The molecule has 0 saturated carbocycles. The molecule has 0 aliphatic rings. The number of amides is 1. The van der Waals surface area contributed by atoms with E-state index in [0.717, 1.165) is 0 Å². The number of hydrogen-bond donors (Lipinski definition) is 2. The lowest BCUT2D eigenvalue weighted by molar-refractivity contribution is -0.0328. The Hall–Kier alpha value is -1.21. The number of benzene rings is 1. The van der Waals surface area contributed by atoms with Crippen molar-refractivity contribution in [1.82, 2.24) is 5.32 Å². The van der Waals surface area contributed by atoms with Crippen LogP contribution < -0.4 is 11.1 Å². The van der Waals surface area contributed by atoms with Crippen molar-refractivity contribution in [3.63, 3.8) is 0 Å². The number of thioether (sulfide) groups is 1. The average Bonchev–Trinajstić information content (AvgIpc) is 2.23. The highest BCUT2D eigenvalue weighted by molar-refractivity contribution is 8.00. The van der Waals surface area contributed by atoms with Crippen LogP contribution in [0.15, 0.2) is 29.2 Å². The zero-order chi connectivity index (χ0) is 14.7. The first-order valence-corrected chi connectivity index (χ1v) is 6.31. The van der Waals surface area contributed by atoms with Crippen molar-refractivity contribution in [1.29, 1.82) is 0 Å². The second-order valence-corrected chi connectivity index (χ2v) is 5.88. The maximum Gasteiger partial charge on any atom is 0.446 e. The molecule has 0 aromatic heterocycles. The summed E-state index contributed by atoms with van der Waals surface area (Å²) in [5, 5.41) is 2.61. The van der Waals surface area contributed by atoms with E-state index in [2.05, 4.69) is 5.32 Å². The van der Waals surface area contributed by atoms with E-state index in [1.165, 1.54) is 24.3 Å². The van der Waals surface area contributed by atoms with Crippen molar-refractivity contribution >= 4 is 17.7 Å². The number of hydrogen-bond acceptors (Lipinski definition) is 3. The monoisotopic (exact) mass is 292 g/mol. The molecule has 0 atom stereocenters. The van der Waals surface area contributed by atoms with E-state index in [0.29, 0.717) is 5.56 Å². The highest BCUT2D eigenvalue weighted by atomic mass is 32.2. The summed E-state index contributed by atoms with van der Waals surface area (Å²) >= 11 is -0.213. The van der Waals surface area contributed by atoms with Gasteiger partial charge in [0.15, 0.2) is 0 Å². The van der Waals surface area contributed by atoms with Gasteiger partial charge in [-0.3, -0.25) is 4.79 Å². The van der Waals surface area contributed by atoms with Gasteiger partial charge in [0.05, 0.1) is 0 Å². The molecule has 3 N–H and O–H groups in total. The maximum absolute atomic E-state index is 12.1. The molecule has 7 heteroatoms. The Morgan fingerprint density at radius 3 is 2.21 bits per heavy atom. The zero-order valence-corrected chi connectivity index (χ0v) is 11.4. The summed E-state index contributed by atoms with van der Waals surface area (Å²) in [7, 11) is 0. The van der Waals surface area contributed by atoms with E-state index < -0.39 is 11.0 Å². The SMILES string of the molecule is CC(C)(N)CNC(=O)c1ccc(SC(F)(F)F)cc1. The van der Waals surface area contributed by atoms with Crippen LogP contribution in [0.4, 0.5) is 13.2 Å². The third-order valence-corrected chi connectivity index (χ3v) is 2.79. The largest absolute Gasteiger partial charge is 0.446 e. The van der Waals surface area contributed by atoms with Crippen LogP contribution in [0.5, 0.6) is 0 Å². The van der Waals surface area contributed by atoms with Crippen molar-refractivity contribution in [2.75, 3.05) is 6.54 Å². The van der Waals surface area contributed by atoms with Crippen LogP contribution in [0.3, 0.4) is 0 Å². The number of nitrogens with two attached hydrogens (primary N) is 1. The van der Waals surface area contributed by atoms with Crippen LogP contribution in [0.1, 0.15) is 24.2 Å². The van der Waals surface area contributed by atoms with E-state index in [4.69, 9.17) is 5.73 Å². The highest BCUT2D eigenvalue weighted by Crippen LogP contribution is 2.36. The molecule has 1 aromatic rings. The highest BCUT2D eigenvalue weighted by Gasteiger charge is 2.29. The molecule has 0 saturated heterocycles. The lowest BCUT2D eigenvalue weighted by Crippen LogP contribution is -2.45. The number of halogens is 3. The van der Waals surface area contributed by atoms with Crippen LogP contribution in [0, 0.1) is 0 Å². The van der Waals surface area contributed by atoms with Gasteiger partial charge < -0.3 is 11.1 Å². The standard InChI is InChI=1S/C12H15F3N2OS/c1-11(2,16)7-17-10(18)8-3-5-9(6-4-8)19-12(13,14)15/h3-6H,7,16H2,1-2H3,(H,17,18). The number of carbonyl (C=O) groups is 1. The molecule has 0 bridgehead atoms. The van der Waals surface area contributed by atoms with Gasteiger partial charge in [-0.1, -0.05) is 0 Å². The molecule has 1 rings (SSSR count). The molecule has 0 unspecified atom stereocenters. The van der Waals surface area contributed by atoms with E-state index in [-0.39, 0.29) is 29.1 Å². The number of carbonyl (C=O) groups excluding carboxylic acids is 1. The predicted molar refractivity (Wildman–Crippen MR) is 69.0 cm³/mol. The molecule has 0 radical (unpaired) electrons. The van der Waals surface area contributed by atoms with Crippen LogP contribution in [0.2, 0.25) is 0 Å². The molecule has 0 heterocycles. The lowest BCUT2D eigenvalue weighted by atomic mass is 10.1. The minimum absolute atomic E-state index is 0.0446. The predicted octanol–water partition coefficient (Wildman–Crippen LogP) is 2.77. The molecule has 106 valence electrons. The molecule has 3 nitrogen and oxygen atoms in total. The van der Waals surface area contributed by atoms with Gasteiger partial charge in [0.2, 0.25) is 0 Å². The molecule has 0 aliphatic carbocycles. The van der Waals surface area contributed by atoms with Crippen molar-refractivity contribution < 1.29 is 18.0 Å². The van der Waals surface area contributed by atoms with E-state index >= 15 is 0 Å². The first-order chi connectivity index (χ1) is 8.57. The average molecular weight is 292 g/mol. The molecule has 1 aromatic carbocycles. The van der Waals surface area contributed by atoms with Gasteiger partial charge in [0, 0.05) is 22.5 Å². The van der Waals surface area contributed by atoms with Crippen molar-refractivity contribution in [2.24, 2.45) is 5.73 Å². The number of nitrogens with one attached hydrogen (secondary N) is 1. The molecular weight excluding hydrogens is 277 g/mol. The van der Waals surface area contributed by atoms with E-state index in [1.807, 2.05) is 0 Å². The summed E-state index contributed by atoms with van der Waals surface area (Å²) in [6.45, 7) is 3.80. The fourth-order valence-corrected chi connectivity index (χ4v) is 1.76. The summed E-state index contributed by atoms with van der Waals surface area (Å²) in [6, 6.07) is 5.24. The minimum Gasteiger partial charge on any atom is -0.350 e. The Kier molecular flexibility index (Phi) is 4.86. The van der Waals surface area contributed by atoms with Crippen molar-refractivity contribution in [2.45, 2.75) is 29.8 Å². The Morgan fingerprint density at radius 2 is 1.79 bits per heavy atom. The van der Waals surface area contributed by atoms with Crippen LogP contribution >= 0.6 is 11.8 Å². The second-order valence-electron chi connectivity index (χ2n) is 4.74. The van der Waals surface area contributed by atoms with Gasteiger partial charge in [-0.2, -0.15) is 13.2 Å². The molecule has 0 aliphatic heterocycles. The van der Waals surface area contributed by atoms with Crippen LogP contribution in [-0.4, -0.2) is 23.5 Å². The normalized spacial score (nSPS) is 12.3. The summed E-state index contributed by atoms with van der Waals surface area (Å²) in [5.74, 6) is -0.359. The third-order valence-electron chi connectivity index (χ3n) is 2.05. The van der Waals surface area contributed by atoms with E-state index in [9.17, 15) is 18.0 Å². The Labute approximate surface area is 113 Å². The smallest absolute Gasteiger partial charge is 0.350 e. The molecule has 0 fully saturated rings. The summed E-state index contributed by atoms with van der Waals surface area (Å²) in [5.41, 5.74) is 1.15.